The monoisotopic (exact) mass is 312 g/mol. The van der Waals surface area contributed by atoms with Crippen molar-refractivity contribution in [1.82, 2.24) is 0 Å². The maximum Gasteiger partial charge on any atom is 0.303 e. The highest BCUT2D eigenvalue weighted by Crippen LogP contribution is 2.36. The third-order valence-corrected chi connectivity index (χ3v) is 4.77. The van der Waals surface area contributed by atoms with Gasteiger partial charge in [0.1, 0.15) is 0 Å². The van der Waals surface area contributed by atoms with E-state index in [2.05, 4.69) is 6.08 Å². The zero-order chi connectivity index (χ0) is 16.4. The molecule has 4 nitrogen and oxygen atoms in total. The number of carboxylic acid groups (broad SMARTS) is 1. The predicted molar refractivity (Wildman–Crippen MR) is 87.6 cm³/mol. The van der Waals surface area contributed by atoms with Crippen LogP contribution < -0.4 is 0 Å². The molecule has 4 unspecified atom stereocenters. The first-order chi connectivity index (χ1) is 10.5. The number of carboxylic acids is 1. The lowest BCUT2D eigenvalue weighted by molar-refractivity contribution is -0.137. The highest BCUT2D eigenvalue weighted by Gasteiger charge is 2.32. The molecule has 22 heavy (non-hydrogen) atoms. The Hall–Kier alpha value is -0.870. The van der Waals surface area contributed by atoms with Gasteiger partial charge in [0.2, 0.25) is 0 Å². The zero-order valence-corrected chi connectivity index (χ0v) is 13.8. The molecule has 1 saturated carbocycles. The minimum absolute atomic E-state index is 0.208. The molecule has 0 aromatic heterocycles. The molecule has 0 spiro atoms. The molecule has 0 aliphatic heterocycles. The third-order valence-electron chi connectivity index (χ3n) is 4.77. The van der Waals surface area contributed by atoms with E-state index in [4.69, 9.17) is 5.11 Å². The van der Waals surface area contributed by atoms with Gasteiger partial charge in [-0.3, -0.25) is 4.79 Å². The van der Waals surface area contributed by atoms with Crippen LogP contribution in [0.5, 0.6) is 0 Å². The number of allylic oxidation sites excluding steroid dienone is 1. The number of aliphatic hydroxyl groups is 2. The SMILES string of the molecule is CCC(O)/C=C/C1CCC(O)C1CCCCCCCC(=O)O. The van der Waals surface area contributed by atoms with Gasteiger partial charge in [-0.15, -0.1) is 0 Å². The van der Waals surface area contributed by atoms with Gasteiger partial charge in [-0.1, -0.05) is 44.8 Å². The zero-order valence-electron chi connectivity index (χ0n) is 13.8. The summed E-state index contributed by atoms with van der Waals surface area (Å²) in [6.45, 7) is 1.96. The molecule has 3 N–H and O–H groups in total. The Balaban J connectivity index is 2.21. The topological polar surface area (TPSA) is 77.8 Å². The number of aliphatic carboxylic acids is 1. The summed E-state index contributed by atoms with van der Waals surface area (Å²) in [5, 5.41) is 28.3. The van der Waals surface area contributed by atoms with Crippen LogP contribution in [0, 0.1) is 11.8 Å². The van der Waals surface area contributed by atoms with Gasteiger partial charge in [0.25, 0.3) is 0 Å². The lowest BCUT2D eigenvalue weighted by atomic mass is 9.88. The van der Waals surface area contributed by atoms with E-state index < -0.39 is 5.97 Å². The number of rotatable bonds is 11. The van der Waals surface area contributed by atoms with Crippen LogP contribution in [0.2, 0.25) is 0 Å². The van der Waals surface area contributed by atoms with Crippen molar-refractivity contribution >= 4 is 5.97 Å². The van der Waals surface area contributed by atoms with E-state index in [-0.39, 0.29) is 18.6 Å². The van der Waals surface area contributed by atoms with E-state index in [1.54, 1.807) is 0 Å². The highest BCUT2D eigenvalue weighted by atomic mass is 16.4. The summed E-state index contributed by atoms with van der Waals surface area (Å²) >= 11 is 0. The van der Waals surface area contributed by atoms with E-state index in [0.29, 0.717) is 11.8 Å². The number of aliphatic hydroxyl groups excluding tert-OH is 2. The molecule has 4 atom stereocenters. The van der Waals surface area contributed by atoms with E-state index in [1.807, 2.05) is 13.0 Å². The largest absolute Gasteiger partial charge is 0.481 e. The van der Waals surface area contributed by atoms with Crippen molar-refractivity contribution in [2.75, 3.05) is 0 Å². The van der Waals surface area contributed by atoms with Gasteiger partial charge in [-0.2, -0.15) is 0 Å². The standard InChI is InChI=1S/C18H32O4/c1-2-15(19)12-10-14-11-13-17(20)16(14)8-6-4-3-5-7-9-18(21)22/h10,12,14-17,19-20H,2-9,11,13H2,1H3,(H,21,22)/b12-10+. The lowest BCUT2D eigenvalue weighted by Crippen LogP contribution is -2.18. The van der Waals surface area contributed by atoms with E-state index in [0.717, 1.165) is 57.8 Å². The van der Waals surface area contributed by atoms with E-state index in [1.165, 1.54) is 0 Å². The van der Waals surface area contributed by atoms with Crippen LogP contribution in [0.3, 0.4) is 0 Å². The number of unbranched alkanes of at least 4 members (excludes halogenated alkanes) is 4. The smallest absolute Gasteiger partial charge is 0.303 e. The first-order valence-corrected chi connectivity index (χ1v) is 8.80. The van der Waals surface area contributed by atoms with Gasteiger partial charge in [0, 0.05) is 6.42 Å². The average Bonchev–Trinajstić information content (AvgIpc) is 2.84. The first-order valence-electron chi connectivity index (χ1n) is 8.80. The minimum atomic E-state index is -0.710. The Morgan fingerprint density at radius 1 is 1.18 bits per heavy atom. The molecule has 1 aliphatic rings. The summed E-state index contributed by atoms with van der Waals surface area (Å²) in [5.41, 5.74) is 0. The second-order valence-electron chi connectivity index (χ2n) is 6.53. The van der Waals surface area contributed by atoms with Crippen molar-refractivity contribution in [3.63, 3.8) is 0 Å². The molecule has 0 saturated heterocycles. The predicted octanol–water partition coefficient (Wildman–Crippen LogP) is 3.52. The van der Waals surface area contributed by atoms with Crippen LogP contribution in [0.1, 0.15) is 71.1 Å². The molecule has 0 bridgehead atoms. The second-order valence-corrected chi connectivity index (χ2v) is 6.53. The summed E-state index contributed by atoms with van der Waals surface area (Å²) in [4.78, 5) is 10.4. The fourth-order valence-corrected chi connectivity index (χ4v) is 3.32. The highest BCUT2D eigenvalue weighted by molar-refractivity contribution is 5.66. The maximum atomic E-state index is 10.4. The molecule has 1 rings (SSSR count). The van der Waals surface area contributed by atoms with Crippen molar-refractivity contribution in [2.45, 2.75) is 83.3 Å². The Bertz CT molecular complexity index is 340. The maximum absolute atomic E-state index is 10.4. The molecule has 1 fully saturated rings. The van der Waals surface area contributed by atoms with Gasteiger partial charge >= 0.3 is 5.97 Å². The van der Waals surface area contributed by atoms with Gasteiger partial charge in [0.15, 0.2) is 0 Å². The van der Waals surface area contributed by atoms with E-state index >= 15 is 0 Å². The Morgan fingerprint density at radius 2 is 1.86 bits per heavy atom. The summed E-state index contributed by atoms with van der Waals surface area (Å²) in [6, 6.07) is 0. The quantitative estimate of drug-likeness (QED) is 0.403. The van der Waals surface area contributed by atoms with Gasteiger partial charge < -0.3 is 15.3 Å². The molecule has 0 amide bonds. The van der Waals surface area contributed by atoms with Crippen LogP contribution >= 0.6 is 0 Å². The number of carbonyl (C=O) groups is 1. The molecule has 0 aromatic rings. The van der Waals surface area contributed by atoms with Crippen molar-refractivity contribution < 1.29 is 20.1 Å². The fourth-order valence-electron chi connectivity index (χ4n) is 3.32. The Labute approximate surface area is 134 Å². The molecule has 128 valence electrons. The summed E-state index contributed by atoms with van der Waals surface area (Å²) in [5.74, 6) is 0.000472. The molecule has 0 aromatic carbocycles. The summed E-state index contributed by atoms with van der Waals surface area (Å²) in [7, 11) is 0. The van der Waals surface area contributed by atoms with Crippen molar-refractivity contribution in [1.29, 1.82) is 0 Å². The normalized spacial score (nSPS) is 26.6. The fraction of sp³-hybridized carbons (Fsp3) is 0.833. The van der Waals surface area contributed by atoms with Crippen molar-refractivity contribution in [3.05, 3.63) is 12.2 Å². The van der Waals surface area contributed by atoms with Crippen LogP contribution in [0.4, 0.5) is 0 Å². The van der Waals surface area contributed by atoms with Crippen LogP contribution in [0.25, 0.3) is 0 Å². The minimum Gasteiger partial charge on any atom is -0.481 e. The molecule has 1 aliphatic carbocycles. The second kappa shape index (κ2) is 10.8. The molecule has 0 radical (unpaired) electrons. The summed E-state index contributed by atoms with van der Waals surface area (Å²) in [6.07, 6.45) is 12.3. The van der Waals surface area contributed by atoms with Crippen molar-refractivity contribution in [3.8, 4) is 0 Å². The Kier molecular flexibility index (Phi) is 9.41. The summed E-state index contributed by atoms with van der Waals surface area (Å²) < 4.78 is 0. The van der Waals surface area contributed by atoms with Gasteiger partial charge in [-0.05, 0) is 43.9 Å². The Morgan fingerprint density at radius 3 is 2.55 bits per heavy atom. The average molecular weight is 312 g/mol. The molecular formula is C18H32O4. The molecule has 4 heteroatoms. The van der Waals surface area contributed by atoms with Crippen molar-refractivity contribution in [2.24, 2.45) is 11.8 Å². The van der Waals surface area contributed by atoms with Crippen LogP contribution in [-0.2, 0) is 4.79 Å². The number of hydrogen-bond donors (Lipinski definition) is 3. The number of hydrogen-bond acceptors (Lipinski definition) is 3. The first kappa shape index (κ1) is 19.2. The van der Waals surface area contributed by atoms with Crippen LogP contribution in [-0.4, -0.2) is 33.5 Å². The van der Waals surface area contributed by atoms with Gasteiger partial charge in [0.05, 0.1) is 12.2 Å². The molecular weight excluding hydrogens is 280 g/mol. The third kappa shape index (κ3) is 7.41. The molecule has 0 heterocycles. The van der Waals surface area contributed by atoms with Gasteiger partial charge in [-0.25, -0.2) is 0 Å². The lowest BCUT2D eigenvalue weighted by Gasteiger charge is -2.20. The van der Waals surface area contributed by atoms with E-state index in [9.17, 15) is 15.0 Å². The van der Waals surface area contributed by atoms with Crippen LogP contribution in [0.15, 0.2) is 12.2 Å².